The Hall–Kier alpha value is -0.220. The first-order valence-corrected chi connectivity index (χ1v) is 4.37. The van der Waals surface area contributed by atoms with E-state index < -0.39 is 5.97 Å². The molecule has 0 spiro atoms. The van der Waals surface area contributed by atoms with Crippen molar-refractivity contribution in [2.75, 3.05) is 26.1 Å². The largest absolute Gasteiger partial charge is 0.480 e. The van der Waals surface area contributed by atoms with Gasteiger partial charge >= 0.3 is 5.97 Å². The summed E-state index contributed by atoms with van der Waals surface area (Å²) in [6.45, 7) is 0. The first kappa shape index (κ1) is 9.78. The minimum atomic E-state index is -0.751. The molecule has 0 aliphatic rings. The summed E-state index contributed by atoms with van der Waals surface area (Å²) in [5.74, 6) is -0.109. The highest BCUT2D eigenvalue weighted by Gasteiger charge is 2.17. The van der Waals surface area contributed by atoms with E-state index in [0.717, 1.165) is 0 Å². The molecule has 0 saturated heterocycles. The molecule has 0 aromatic rings. The van der Waals surface area contributed by atoms with Crippen LogP contribution in [-0.2, 0) is 4.79 Å². The van der Waals surface area contributed by atoms with E-state index in [9.17, 15) is 4.79 Å². The van der Waals surface area contributed by atoms with Crippen LogP contribution in [0.5, 0.6) is 0 Å². The third-order valence-corrected chi connectivity index (χ3v) is 1.88. The Morgan fingerprint density at radius 1 is 1.70 bits per heavy atom. The monoisotopic (exact) mass is 163 g/mol. The van der Waals surface area contributed by atoms with Gasteiger partial charge in [0.25, 0.3) is 0 Å². The number of thioether (sulfide) groups is 1. The second-order valence-corrected chi connectivity index (χ2v) is 3.18. The molecule has 0 aliphatic heterocycles. The molecular formula is C6H13NO2S. The topological polar surface area (TPSA) is 40.5 Å². The predicted molar refractivity (Wildman–Crippen MR) is 43.5 cm³/mol. The van der Waals surface area contributed by atoms with Gasteiger partial charge in [-0.25, -0.2) is 0 Å². The smallest absolute Gasteiger partial charge is 0.321 e. The van der Waals surface area contributed by atoms with Crippen LogP contribution in [0.3, 0.4) is 0 Å². The maximum atomic E-state index is 10.5. The summed E-state index contributed by atoms with van der Waals surface area (Å²) in [5, 5.41) is 8.62. The summed E-state index contributed by atoms with van der Waals surface area (Å²) in [6.07, 6.45) is 1.90. The van der Waals surface area contributed by atoms with Gasteiger partial charge in [-0.15, -0.1) is 0 Å². The number of likely N-dealkylation sites (N-methyl/N-ethyl adjacent to an activating group) is 1. The lowest BCUT2D eigenvalue weighted by molar-refractivity contribution is -0.141. The molecule has 0 rings (SSSR count). The number of rotatable bonds is 4. The summed E-state index contributed by atoms with van der Waals surface area (Å²) in [4.78, 5) is 12.2. The summed E-state index contributed by atoms with van der Waals surface area (Å²) < 4.78 is 0. The molecule has 0 aromatic heterocycles. The van der Waals surface area contributed by atoms with Crippen molar-refractivity contribution in [3.63, 3.8) is 0 Å². The standard InChI is InChI=1S/C6H13NO2S/c1-7(2)5(4-10-3)6(8)9/h5H,4H2,1-3H3,(H,8,9). The van der Waals surface area contributed by atoms with Crippen LogP contribution in [0.15, 0.2) is 0 Å². The van der Waals surface area contributed by atoms with Crippen LogP contribution >= 0.6 is 11.8 Å². The highest BCUT2D eigenvalue weighted by Crippen LogP contribution is 2.01. The number of aliphatic carboxylic acids is 1. The zero-order valence-corrected chi connectivity index (χ0v) is 7.31. The normalized spacial score (nSPS) is 13.6. The SMILES string of the molecule is CSCC(C(=O)O)N(C)C. The Labute approximate surface area is 65.4 Å². The zero-order valence-electron chi connectivity index (χ0n) is 6.50. The molecule has 1 unspecified atom stereocenters. The van der Waals surface area contributed by atoms with Crippen molar-refractivity contribution >= 4 is 17.7 Å². The maximum absolute atomic E-state index is 10.5. The number of hydrogen-bond donors (Lipinski definition) is 1. The van der Waals surface area contributed by atoms with Crippen LogP contribution in [0.2, 0.25) is 0 Å². The molecule has 0 bridgehead atoms. The van der Waals surface area contributed by atoms with Gasteiger partial charge in [0.1, 0.15) is 6.04 Å². The van der Waals surface area contributed by atoms with Crippen molar-refractivity contribution in [1.82, 2.24) is 4.90 Å². The summed E-state index contributed by atoms with van der Waals surface area (Å²) >= 11 is 1.54. The van der Waals surface area contributed by atoms with Crippen molar-refractivity contribution in [3.05, 3.63) is 0 Å². The van der Waals surface area contributed by atoms with Gasteiger partial charge < -0.3 is 5.11 Å². The average molecular weight is 163 g/mol. The third-order valence-electron chi connectivity index (χ3n) is 1.23. The van der Waals surface area contributed by atoms with E-state index in [-0.39, 0.29) is 6.04 Å². The van der Waals surface area contributed by atoms with Gasteiger partial charge in [0, 0.05) is 5.75 Å². The van der Waals surface area contributed by atoms with E-state index >= 15 is 0 Å². The number of carboxylic acid groups (broad SMARTS) is 1. The second kappa shape index (κ2) is 4.57. The van der Waals surface area contributed by atoms with Gasteiger partial charge in [0.2, 0.25) is 0 Å². The number of carbonyl (C=O) groups is 1. The molecule has 10 heavy (non-hydrogen) atoms. The zero-order chi connectivity index (χ0) is 8.15. The van der Waals surface area contributed by atoms with Crippen LogP contribution in [0.1, 0.15) is 0 Å². The number of hydrogen-bond acceptors (Lipinski definition) is 3. The van der Waals surface area contributed by atoms with Crippen LogP contribution in [0, 0.1) is 0 Å². The molecule has 3 nitrogen and oxygen atoms in total. The van der Waals surface area contributed by atoms with Crippen molar-refractivity contribution in [1.29, 1.82) is 0 Å². The van der Waals surface area contributed by atoms with Crippen LogP contribution in [-0.4, -0.2) is 48.1 Å². The van der Waals surface area contributed by atoms with E-state index in [1.165, 1.54) is 0 Å². The summed E-state index contributed by atoms with van der Waals surface area (Å²) in [5.41, 5.74) is 0. The van der Waals surface area contributed by atoms with E-state index in [1.807, 2.05) is 6.26 Å². The van der Waals surface area contributed by atoms with Gasteiger partial charge in [-0.2, -0.15) is 11.8 Å². The highest BCUT2D eigenvalue weighted by molar-refractivity contribution is 7.98. The van der Waals surface area contributed by atoms with Crippen LogP contribution in [0.4, 0.5) is 0 Å². The van der Waals surface area contributed by atoms with E-state index in [1.54, 1.807) is 30.8 Å². The average Bonchev–Trinajstić information content (AvgIpc) is 1.81. The molecule has 0 aromatic carbocycles. The summed E-state index contributed by atoms with van der Waals surface area (Å²) in [6, 6.07) is -0.352. The van der Waals surface area contributed by atoms with E-state index in [2.05, 4.69) is 0 Å². The Morgan fingerprint density at radius 2 is 2.20 bits per heavy atom. The fourth-order valence-electron chi connectivity index (χ4n) is 0.599. The molecule has 0 aliphatic carbocycles. The fourth-order valence-corrected chi connectivity index (χ4v) is 1.36. The highest BCUT2D eigenvalue weighted by atomic mass is 32.2. The minimum absolute atomic E-state index is 0.352. The third kappa shape index (κ3) is 3.08. The Morgan fingerprint density at radius 3 is 2.30 bits per heavy atom. The number of nitrogens with zero attached hydrogens (tertiary/aromatic N) is 1. The van der Waals surface area contributed by atoms with Gasteiger partial charge in [-0.05, 0) is 20.4 Å². The molecule has 1 atom stereocenters. The first-order valence-electron chi connectivity index (χ1n) is 2.97. The lowest BCUT2D eigenvalue weighted by Crippen LogP contribution is -2.37. The molecule has 0 amide bonds. The molecule has 0 fully saturated rings. The summed E-state index contributed by atoms with van der Waals surface area (Å²) in [7, 11) is 3.55. The lowest BCUT2D eigenvalue weighted by Gasteiger charge is -2.18. The molecule has 4 heteroatoms. The van der Waals surface area contributed by atoms with Gasteiger partial charge in [0.15, 0.2) is 0 Å². The molecular weight excluding hydrogens is 150 g/mol. The molecule has 1 N–H and O–H groups in total. The fraction of sp³-hybridized carbons (Fsp3) is 0.833. The second-order valence-electron chi connectivity index (χ2n) is 2.27. The predicted octanol–water partition coefficient (Wildman–Crippen LogP) is 0.364. The first-order chi connectivity index (χ1) is 4.59. The molecule has 0 saturated carbocycles. The van der Waals surface area contributed by atoms with E-state index in [0.29, 0.717) is 5.75 Å². The lowest BCUT2D eigenvalue weighted by atomic mass is 10.3. The van der Waals surface area contributed by atoms with E-state index in [4.69, 9.17) is 5.11 Å². The van der Waals surface area contributed by atoms with Gasteiger partial charge in [0.05, 0.1) is 0 Å². The van der Waals surface area contributed by atoms with Crippen molar-refractivity contribution in [2.24, 2.45) is 0 Å². The maximum Gasteiger partial charge on any atom is 0.321 e. The van der Waals surface area contributed by atoms with Crippen molar-refractivity contribution < 1.29 is 9.90 Å². The van der Waals surface area contributed by atoms with Gasteiger partial charge in [-0.1, -0.05) is 0 Å². The minimum Gasteiger partial charge on any atom is -0.480 e. The Bertz CT molecular complexity index is 116. The quantitative estimate of drug-likeness (QED) is 0.650. The van der Waals surface area contributed by atoms with Crippen molar-refractivity contribution in [2.45, 2.75) is 6.04 Å². The molecule has 0 heterocycles. The van der Waals surface area contributed by atoms with Crippen LogP contribution in [0.25, 0.3) is 0 Å². The molecule has 0 radical (unpaired) electrons. The Kier molecular flexibility index (Phi) is 4.47. The Balaban J connectivity index is 3.85. The molecule has 60 valence electrons. The van der Waals surface area contributed by atoms with Crippen LogP contribution < -0.4 is 0 Å². The van der Waals surface area contributed by atoms with Crippen molar-refractivity contribution in [3.8, 4) is 0 Å². The van der Waals surface area contributed by atoms with Gasteiger partial charge in [-0.3, -0.25) is 9.69 Å². The number of carboxylic acids is 1.